The Labute approximate surface area is 554 Å². The monoisotopic (exact) mass is 1220 g/mol. The lowest BCUT2D eigenvalue weighted by molar-refractivity contribution is 1.19. The van der Waals surface area contributed by atoms with Crippen molar-refractivity contribution in [1.82, 2.24) is 29.9 Å². The van der Waals surface area contributed by atoms with Gasteiger partial charge in [-0.2, -0.15) is 0 Å². The number of rotatable bonds is 11. The number of hydrogen-bond acceptors (Lipinski definition) is 6. The number of pyridine rings is 2. The maximum absolute atomic E-state index is 5.55. The van der Waals surface area contributed by atoms with Crippen LogP contribution >= 0.6 is 0 Å². The molecule has 14 aromatic carbocycles. The molecule has 18 aromatic rings. The Morgan fingerprint density at radius 1 is 0.167 bits per heavy atom. The number of nitrogens with zero attached hydrogens (tertiary/aromatic N) is 6. The molecule has 0 fully saturated rings. The average molecular weight is 1220 g/mol. The molecule has 18 rings (SSSR count). The second-order valence-corrected chi connectivity index (χ2v) is 24.5. The molecule has 0 radical (unpaired) electrons. The van der Waals surface area contributed by atoms with Crippen LogP contribution in [-0.2, 0) is 0 Å². The Morgan fingerprint density at radius 2 is 0.406 bits per heavy atom. The summed E-state index contributed by atoms with van der Waals surface area (Å²) in [7, 11) is 0. The summed E-state index contributed by atoms with van der Waals surface area (Å²) in [6.45, 7) is 0. The van der Waals surface area contributed by atoms with Crippen molar-refractivity contribution in [3.8, 4) is 123 Å². The molecule has 0 aliphatic heterocycles. The zero-order valence-electron chi connectivity index (χ0n) is 52.0. The second-order valence-electron chi connectivity index (χ2n) is 24.5. The fourth-order valence-corrected chi connectivity index (χ4v) is 14.1. The van der Waals surface area contributed by atoms with Gasteiger partial charge in [-0.05, 0) is 124 Å². The SMILES string of the molecule is c1ccc(-c2c3ccccc3c(-c3nc(-c4ccc(-c5ccc(-c6cc(-c7ccc(-c8cnc9ccccc9c8)cc7)nc(-c7c8ccccc8c(-c8ccccc8)c8ccccc78)n6)cc5)cc4)cc(-c4ccc(-c5cnc6ccccc6c5)cc4)n3)c3ccccc23)cc1. The highest BCUT2D eigenvalue weighted by molar-refractivity contribution is 6.22. The van der Waals surface area contributed by atoms with Crippen LogP contribution in [0.5, 0.6) is 0 Å². The van der Waals surface area contributed by atoms with E-state index in [9.17, 15) is 0 Å². The largest absolute Gasteiger partial charge is 0.256 e. The highest BCUT2D eigenvalue weighted by Crippen LogP contribution is 2.46. The average Bonchev–Trinajstić information content (AvgIpc) is 0.745. The molecule has 4 heterocycles. The predicted octanol–water partition coefficient (Wildman–Crippen LogP) is 23.3. The third kappa shape index (κ3) is 10.1. The standard InChI is InChI=1S/C90H56N6/c1-3-19-65(20-4-1)85-71-25-9-13-29-75(71)87(76-30-14-10-26-72(76)85)89-93-81(53-83(95-89)63-47-39-59(40-48-63)69-51-67-23-7-17-33-79(67)91-55-69)61-43-35-57(36-44-61)58-37-45-62(46-38-58)82-54-84(64-49-41-60(42-50-64)70-52-68-24-8-18-34-80(68)92-56-70)96-90(94-82)88-77-31-15-11-27-73(77)86(66-21-5-2-6-22-66)74-28-12-16-32-78(74)88/h1-56H. The molecule has 0 saturated carbocycles. The lowest BCUT2D eigenvalue weighted by Gasteiger charge is -2.18. The third-order valence-electron chi connectivity index (χ3n) is 18.8. The van der Waals surface area contributed by atoms with Crippen LogP contribution in [-0.4, -0.2) is 29.9 Å². The first-order valence-corrected chi connectivity index (χ1v) is 32.5. The van der Waals surface area contributed by atoms with E-state index >= 15 is 0 Å². The van der Waals surface area contributed by atoms with Crippen molar-refractivity contribution < 1.29 is 0 Å². The van der Waals surface area contributed by atoms with Crippen LogP contribution in [0.25, 0.3) is 188 Å². The van der Waals surface area contributed by atoms with Gasteiger partial charge in [-0.15, -0.1) is 0 Å². The Morgan fingerprint density at radius 3 is 0.708 bits per heavy atom. The van der Waals surface area contributed by atoms with Crippen LogP contribution in [0.2, 0.25) is 0 Å². The van der Waals surface area contributed by atoms with Gasteiger partial charge < -0.3 is 0 Å². The van der Waals surface area contributed by atoms with E-state index in [4.69, 9.17) is 29.9 Å². The maximum Gasteiger partial charge on any atom is 0.161 e. The Bertz CT molecular complexity index is 5540. The van der Waals surface area contributed by atoms with E-state index in [1.54, 1.807) is 0 Å². The van der Waals surface area contributed by atoms with Crippen LogP contribution in [0, 0.1) is 0 Å². The number of hydrogen-bond donors (Lipinski definition) is 0. The quantitative estimate of drug-likeness (QED) is 0.120. The minimum Gasteiger partial charge on any atom is -0.256 e. The molecule has 0 N–H and O–H groups in total. The Balaban J connectivity index is 0.736. The minimum absolute atomic E-state index is 0.661. The summed E-state index contributed by atoms with van der Waals surface area (Å²) in [5.41, 5.74) is 22.4. The number of fused-ring (bicyclic) bond motifs is 6. The van der Waals surface area contributed by atoms with E-state index in [2.05, 4.69) is 303 Å². The van der Waals surface area contributed by atoms with Crippen molar-refractivity contribution in [2.75, 3.05) is 0 Å². The van der Waals surface area contributed by atoms with Crippen molar-refractivity contribution in [2.24, 2.45) is 0 Å². The van der Waals surface area contributed by atoms with Crippen LogP contribution in [0.15, 0.2) is 340 Å². The highest BCUT2D eigenvalue weighted by Gasteiger charge is 2.23. The van der Waals surface area contributed by atoms with Gasteiger partial charge in [0.25, 0.3) is 0 Å². The van der Waals surface area contributed by atoms with Crippen LogP contribution in [0.3, 0.4) is 0 Å². The van der Waals surface area contributed by atoms with E-state index in [0.29, 0.717) is 11.6 Å². The molecule has 0 aliphatic rings. The highest BCUT2D eigenvalue weighted by atomic mass is 14.9. The molecule has 0 amide bonds. The van der Waals surface area contributed by atoms with Gasteiger partial charge in [-0.1, -0.05) is 291 Å². The molecule has 0 spiro atoms. The summed E-state index contributed by atoms with van der Waals surface area (Å²) >= 11 is 0. The second kappa shape index (κ2) is 23.7. The fourth-order valence-electron chi connectivity index (χ4n) is 14.1. The van der Waals surface area contributed by atoms with E-state index in [1.807, 2.05) is 36.7 Å². The molecule has 0 unspecified atom stereocenters. The summed E-state index contributed by atoms with van der Waals surface area (Å²) in [5.74, 6) is 1.32. The zero-order valence-corrected chi connectivity index (χ0v) is 52.0. The summed E-state index contributed by atoms with van der Waals surface area (Å²) in [6.07, 6.45) is 3.91. The Hall–Kier alpha value is -12.9. The smallest absolute Gasteiger partial charge is 0.161 e. The Kier molecular flexibility index (Phi) is 13.8. The van der Waals surface area contributed by atoms with Gasteiger partial charge in [-0.25, -0.2) is 19.9 Å². The molecule has 0 aliphatic carbocycles. The lowest BCUT2D eigenvalue weighted by atomic mass is 9.88. The van der Waals surface area contributed by atoms with Crippen molar-refractivity contribution in [1.29, 1.82) is 0 Å². The van der Waals surface area contributed by atoms with Crippen LogP contribution < -0.4 is 0 Å². The first-order valence-electron chi connectivity index (χ1n) is 32.5. The molecule has 96 heavy (non-hydrogen) atoms. The van der Waals surface area contributed by atoms with Gasteiger partial charge in [0.15, 0.2) is 11.6 Å². The van der Waals surface area contributed by atoms with Crippen molar-refractivity contribution in [3.63, 3.8) is 0 Å². The first kappa shape index (κ1) is 55.9. The van der Waals surface area contributed by atoms with Gasteiger partial charge in [0.2, 0.25) is 0 Å². The summed E-state index contributed by atoms with van der Waals surface area (Å²) in [5, 5.41) is 11.2. The maximum atomic E-state index is 5.55. The lowest BCUT2D eigenvalue weighted by Crippen LogP contribution is -1.99. The molecule has 6 nitrogen and oxygen atoms in total. The van der Waals surface area contributed by atoms with Gasteiger partial charge in [0, 0.05) is 67.7 Å². The summed E-state index contributed by atoms with van der Waals surface area (Å²) in [6, 6.07) is 116. The summed E-state index contributed by atoms with van der Waals surface area (Å²) in [4.78, 5) is 31.7. The van der Waals surface area contributed by atoms with Gasteiger partial charge in [-0.3, -0.25) is 9.97 Å². The normalized spacial score (nSPS) is 11.5. The molecular weight excluding hydrogens is 1170 g/mol. The third-order valence-corrected chi connectivity index (χ3v) is 18.8. The predicted molar refractivity (Wildman–Crippen MR) is 398 cm³/mol. The number of benzene rings is 14. The topological polar surface area (TPSA) is 77.3 Å². The molecule has 6 heteroatoms. The van der Waals surface area contributed by atoms with E-state index in [0.717, 1.165) is 166 Å². The zero-order chi connectivity index (χ0) is 63.5. The number of aromatic nitrogens is 6. The molecule has 446 valence electrons. The number of para-hydroxylation sites is 2. The molecule has 0 atom stereocenters. The van der Waals surface area contributed by atoms with Gasteiger partial charge in [0.1, 0.15) is 0 Å². The molecule has 0 saturated heterocycles. The fraction of sp³-hybridized carbons (Fsp3) is 0. The van der Waals surface area contributed by atoms with Crippen LogP contribution in [0.4, 0.5) is 0 Å². The van der Waals surface area contributed by atoms with E-state index < -0.39 is 0 Å². The van der Waals surface area contributed by atoms with E-state index in [1.165, 1.54) is 11.1 Å². The minimum atomic E-state index is 0.661. The van der Waals surface area contributed by atoms with Crippen molar-refractivity contribution in [2.45, 2.75) is 0 Å². The van der Waals surface area contributed by atoms with E-state index in [-0.39, 0.29) is 0 Å². The molecular formula is C90H56N6. The van der Waals surface area contributed by atoms with Crippen LogP contribution in [0.1, 0.15) is 0 Å². The van der Waals surface area contributed by atoms with Crippen molar-refractivity contribution >= 4 is 64.9 Å². The molecule has 4 aromatic heterocycles. The van der Waals surface area contributed by atoms with Gasteiger partial charge >= 0.3 is 0 Å². The molecule has 0 bridgehead atoms. The van der Waals surface area contributed by atoms with Gasteiger partial charge in [0.05, 0.1) is 33.8 Å². The summed E-state index contributed by atoms with van der Waals surface area (Å²) < 4.78 is 0. The van der Waals surface area contributed by atoms with Crippen molar-refractivity contribution in [3.05, 3.63) is 340 Å². The first-order chi connectivity index (χ1) is 47.6.